The van der Waals surface area contributed by atoms with Crippen LogP contribution in [0, 0.1) is 13.8 Å². The highest BCUT2D eigenvalue weighted by Crippen LogP contribution is 2.25. The zero-order chi connectivity index (χ0) is 19.8. The van der Waals surface area contributed by atoms with Gasteiger partial charge in [0.1, 0.15) is 0 Å². The van der Waals surface area contributed by atoms with Gasteiger partial charge in [0, 0.05) is 17.7 Å². The third-order valence-electron chi connectivity index (χ3n) is 4.86. The van der Waals surface area contributed by atoms with Crippen LogP contribution in [0.2, 0.25) is 0 Å². The van der Waals surface area contributed by atoms with Crippen LogP contribution in [-0.4, -0.2) is 19.7 Å². The van der Waals surface area contributed by atoms with Gasteiger partial charge in [-0.3, -0.25) is 9.59 Å². The Morgan fingerprint density at radius 1 is 1.04 bits per heavy atom. The first-order chi connectivity index (χ1) is 13.5. The molecule has 1 N–H and O–H groups in total. The summed E-state index contributed by atoms with van der Waals surface area (Å²) in [6, 6.07) is 11.3. The van der Waals surface area contributed by atoms with E-state index in [1.165, 1.54) is 10.1 Å². The SMILES string of the molecule is CCCn1c(=O)c(=O)[nH]c2cc(-c3noc(-c4ccc(C)c(C)c4)n3)ccc21. The molecule has 0 spiro atoms. The monoisotopic (exact) mass is 376 g/mol. The van der Waals surface area contributed by atoms with Crippen molar-refractivity contribution < 1.29 is 4.52 Å². The van der Waals surface area contributed by atoms with Crippen molar-refractivity contribution in [3.8, 4) is 22.8 Å². The van der Waals surface area contributed by atoms with E-state index in [-0.39, 0.29) is 0 Å². The molecule has 2 aromatic heterocycles. The van der Waals surface area contributed by atoms with E-state index in [1.54, 1.807) is 12.1 Å². The molecular weight excluding hydrogens is 356 g/mol. The van der Waals surface area contributed by atoms with Crippen LogP contribution in [0.1, 0.15) is 24.5 Å². The zero-order valence-corrected chi connectivity index (χ0v) is 15.9. The Balaban J connectivity index is 1.79. The molecule has 0 radical (unpaired) electrons. The number of benzene rings is 2. The van der Waals surface area contributed by atoms with E-state index in [9.17, 15) is 9.59 Å². The molecule has 4 aromatic rings. The Labute approximate surface area is 160 Å². The van der Waals surface area contributed by atoms with Gasteiger partial charge in [0.25, 0.3) is 5.89 Å². The lowest BCUT2D eigenvalue weighted by Crippen LogP contribution is -2.36. The van der Waals surface area contributed by atoms with E-state index >= 15 is 0 Å². The van der Waals surface area contributed by atoms with Gasteiger partial charge in [0.2, 0.25) is 5.82 Å². The number of H-pyrrole nitrogens is 1. The number of aryl methyl sites for hydroxylation is 3. The van der Waals surface area contributed by atoms with Gasteiger partial charge in [-0.1, -0.05) is 18.1 Å². The number of aromatic nitrogens is 4. The van der Waals surface area contributed by atoms with E-state index < -0.39 is 11.1 Å². The van der Waals surface area contributed by atoms with Gasteiger partial charge in [-0.2, -0.15) is 4.98 Å². The molecule has 0 aliphatic rings. The second-order valence-electron chi connectivity index (χ2n) is 6.87. The Morgan fingerprint density at radius 3 is 2.57 bits per heavy atom. The van der Waals surface area contributed by atoms with Crippen LogP contribution in [0.3, 0.4) is 0 Å². The molecule has 0 aliphatic heterocycles. The molecule has 0 atom stereocenters. The first-order valence-corrected chi connectivity index (χ1v) is 9.16. The Hall–Kier alpha value is -3.48. The van der Waals surface area contributed by atoms with Gasteiger partial charge in [-0.15, -0.1) is 0 Å². The maximum atomic E-state index is 12.1. The highest BCUT2D eigenvalue weighted by atomic mass is 16.5. The lowest BCUT2D eigenvalue weighted by molar-refractivity contribution is 0.432. The standard InChI is InChI=1S/C21H20N4O3/c1-4-9-25-17-8-7-14(11-16(17)22-19(26)21(25)27)18-23-20(28-24-18)15-6-5-12(2)13(3)10-15/h5-8,10-11H,4,9H2,1-3H3,(H,22,26). The van der Waals surface area contributed by atoms with E-state index in [2.05, 4.69) is 15.1 Å². The molecule has 0 bridgehead atoms. The summed E-state index contributed by atoms with van der Waals surface area (Å²) in [5, 5.41) is 4.07. The lowest BCUT2D eigenvalue weighted by atomic mass is 10.1. The second kappa shape index (κ2) is 6.92. The number of aromatic amines is 1. The molecule has 2 aromatic carbocycles. The minimum Gasteiger partial charge on any atom is -0.334 e. The molecule has 0 saturated carbocycles. The van der Waals surface area contributed by atoms with Crippen LogP contribution in [0.5, 0.6) is 0 Å². The quantitative estimate of drug-likeness (QED) is 0.551. The van der Waals surface area contributed by atoms with Gasteiger partial charge >= 0.3 is 11.1 Å². The summed E-state index contributed by atoms with van der Waals surface area (Å²) in [7, 11) is 0. The maximum absolute atomic E-state index is 12.1. The highest BCUT2D eigenvalue weighted by molar-refractivity contribution is 5.80. The third kappa shape index (κ3) is 3.05. The van der Waals surface area contributed by atoms with Crippen molar-refractivity contribution in [2.24, 2.45) is 0 Å². The van der Waals surface area contributed by atoms with Crippen LogP contribution >= 0.6 is 0 Å². The van der Waals surface area contributed by atoms with Gasteiger partial charge in [-0.05, 0) is 61.7 Å². The molecule has 0 unspecified atom stereocenters. The van der Waals surface area contributed by atoms with Crippen LogP contribution in [0.4, 0.5) is 0 Å². The van der Waals surface area contributed by atoms with Crippen LogP contribution in [-0.2, 0) is 6.54 Å². The van der Waals surface area contributed by atoms with Gasteiger partial charge < -0.3 is 14.1 Å². The van der Waals surface area contributed by atoms with Crippen LogP contribution < -0.4 is 11.1 Å². The second-order valence-corrected chi connectivity index (χ2v) is 6.87. The van der Waals surface area contributed by atoms with Crippen molar-refractivity contribution >= 4 is 11.0 Å². The summed E-state index contributed by atoms with van der Waals surface area (Å²) >= 11 is 0. The molecule has 0 amide bonds. The predicted octanol–water partition coefficient (Wildman–Crippen LogP) is 3.43. The van der Waals surface area contributed by atoms with Crippen molar-refractivity contribution in [2.75, 3.05) is 0 Å². The van der Waals surface area contributed by atoms with E-state index in [0.717, 1.165) is 17.5 Å². The number of rotatable bonds is 4. The van der Waals surface area contributed by atoms with Gasteiger partial charge in [0.15, 0.2) is 0 Å². The summed E-state index contributed by atoms with van der Waals surface area (Å²) in [6.45, 7) is 6.52. The molecule has 7 heteroatoms. The van der Waals surface area contributed by atoms with Gasteiger partial charge in [-0.25, -0.2) is 0 Å². The number of fused-ring (bicyclic) bond motifs is 1. The highest BCUT2D eigenvalue weighted by Gasteiger charge is 2.13. The van der Waals surface area contributed by atoms with Crippen LogP contribution in [0.25, 0.3) is 33.9 Å². The fourth-order valence-electron chi connectivity index (χ4n) is 3.20. The average molecular weight is 376 g/mol. The van der Waals surface area contributed by atoms with Gasteiger partial charge in [0.05, 0.1) is 11.0 Å². The first-order valence-electron chi connectivity index (χ1n) is 9.16. The number of nitrogens with one attached hydrogen (secondary N) is 1. The molecular formula is C21H20N4O3. The summed E-state index contributed by atoms with van der Waals surface area (Å²) in [6.07, 6.45) is 0.754. The van der Waals surface area contributed by atoms with E-state index in [1.807, 2.05) is 45.0 Å². The van der Waals surface area contributed by atoms with E-state index in [4.69, 9.17) is 4.52 Å². The van der Waals surface area contributed by atoms with E-state index in [0.29, 0.717) is 34.9 Å². The summed E-state index contributed by atoms with van der Waals surface area (Å²) in [5.74, 6) is 0.854. The molecule has 0 fully saturated rings. The fourth-order valence-corrected chi connectivity index (χ4v) is 3.20. The Kier molecular flexibility index (Phi) is 4.43. The predicted molar refractivity (Wildman–Crippen MR) is 107 cm³/mol. The van der Waals surface area contributed by atoms with Crippen molar-refractivity contribution in [1.29, 1.82) is 0 Å². The number of hydrogen-bond donors (Lipinski definition) is 1. The lowest BCUT2D eigenvalue weighted by Gasteiger charge is -2.08. The van der Waals surface area contributed by atoms with Crippen LogP contribution in [0.15, 0.2) is 50.5 Å². The fraction of sp³-hybridized carbons (Fsp3) is 0.238. The Morgan fingerprint density at radius 2 is 1.82 bits per heavy atom. The van der Waals surface area contributed by atoms with Crippen molar-refractivity contribution in [2.45, 2.75) is 33.7 Å². The topological polar surface area (TPSA) is 93.8 Å². The maximum Gasteiger partial charge on any atom is 0.316 e. The largest absolute Gasteiger partial charge is 0.334 e. The molecule has 28 heavy (non-hydrogen) atoms. The van der Waals surface area contributed by atoms with Crippen molar-refractivity contribution in [3.63, 3.8) is 0 Å². The first kappa shape index (κ1) is 17.9. The molecule has 2 heterocycles. The minimum absolute atomic E-state index is 0.421. The molecule has 142 valence electrons. The summed E-state index contributed by atoms with van der Waals surface area (Å²) < 4.78 is 6.92. The van der Waals surface area contributed by atoms with Crippen molar-refractivity contribution in [3.05, 3.63) is 68.2 Å². The normalized spacial score (nSPS) is 11.2. The average Bonchev–Trinajstić information content (AvgIpc) is 3.17. The van der Waals surface area contributed by atoms with Crippen molar-refractivity contribution in [1.82, 2.24) is 19.7 Å². The number of nitrogens with zero attached hydrogens (tertiary/aromatic N) is 3. The summed E-state index contributed by atoms with van der Waals surface area (Å²) in [4.78, 5) is 31.2. The smallest absolute Gasteiger partial charge is 0.316 e. The molecule has 0 aliphatic carbocycles. The molecule has 7 nitrogen and oxygen atoms in total. The minimum atomic E-state index is -0.637. The number of hydrogen-bond acceptors (Lipinski definition) is 5. The summed E-state index contributed by atoms with van der Waals surface area (Å²) in [5.41, 5.74) is 3.95. The molecule has 4 rings (SSSR count). The molecule has 0 saturated heterocycles. The zero-order valence-electron chi connectivity index (χ0n) is 15.9. The Bertz CT molecular complexity index is 1300. The third-order valence-corrected chi connectivity index (χ3v) is 4.86.